The molecule has 4 aromatic rings. The van der Waals surface area contributed by atoms with Crippen molar-refractivity contribution in [1.82, 2.24) is 24.5 Å². The quantitative estimate of drug-likeness (QED) is 0.384. The number of nitrogens with zero attached hydrogens (tertiary/aromatic N) is 5. The van der Waals surface area contributed by atoms with Crippen LogP contribution in [0.2, 0.25) is 0 Å². The second-order valence-corrected chi connectivity index (χ2v) is 9.45. The molecule has 0 spiro atoms. The number of pyridine rings is 1. The Morgan fingerprint density at radius 1 is 0.865 bits per heavy atom. The number of benzene rings is 1. The first kappa shape index (κ1) is 25.4. The number of ether oxygens (including phenoxy) is 2. The van der Waals surface area contributed by atoms with Crippen molar-refractivity contribution in [2.45, 2.75) is 33.3 Å². The van der Waals surface area contributed by atoms with Crippen LogP contribution in [0.1, 0.15) is 47.2 Å². The van der Waals surface area contributed by atoms with Crippen molar-refractivity contribution in [3.05, 3.63) is 71.8 Å². The molecule has 0 radical (unpaired) electrons. The molecule has 3 aromatic heterocycles. The Bertz CT molecular complexity index is 1430. The summed E-state index contributed by atoms with van der Waals surface area (Å²) in [6.07, 6.45) is 4.91. The van der Waals surface area contributed by atoms with Crippen LogP contribution in [-0.4, -0.2) is 42.0 Å². The van der Waals surface area contributed by atoms with Crippen molar-refractivity contribution in [2.75, 3.05) is 10.6 Å². The average molecular weight is 504 g/mol. The molecule has 0 aliphatic rings. The molecule has 37 heavy (non-hydrogen) atoms. The van der Waals surface area contributed by atoms with E-state index in [1.54, 1.807) is 72.3 Å². The van der Waals surface area contributed by atoms with Gasteiger partial charge in [-0.2, -0.15) is 10.2 Å². The normalized spacial score (nSPS) is 11.2. The number of hydrogen-bond acceptors (Lipinski definition) is 7. The number of aryl methyl sites for hydroxylation is 2. The molecule has 0 unspecified atom stereocenters. The molecule has 0 saturated carbocycles. The van der Waals surface area contributed by atoms with Gasteiger partial charge in [0.2, 0.25) is 0 Å². The zero-order valence-electron chi connectivity index (χ0n) is 21.6. The molecule has 0 saturated heterocycles. The molecule has 0 aliphatic heterocycles. The summed E-state index contributed by atoms with van der Waals surface area (Å²) in [5.41, 5.74) is 0.753. The Morgan fingerprint density at radius 3 is 1.97 bits per heavy atom. The van der Waals surface area contributed by atoms with E-state index in [-0.39, 0.29) is 11.6 Å². The molecule has 0 aliphatic carbocycles. The minimum Gasteiger partial charge on any atom is -0.488 e. The third-order valence-corrected chi connectivity index (χ3v) is 5.10. The highest BCUT2D eigenvalue weighted by Crippen LogP contribution is 2.35. The van der Waals surface area contributed by atoms with Crippen LogP contribution < -0.4 is 20.1 Å². The van der Waals surface area contributed by atoms with E-state index in [0.29, 0.717) is 40.0 Å². The van der Waals surface area contributed by atoms with Crippen LogP contribution in [0.3, 0.4) is 0 Å². The van der Waals surface area contributed by atoms with E-state index >= 15 is 0 Å². The predicted octanol–water partition coefficient (Wildman–Crippen LogP) is 4.33. The summed E-state index contributed by atoms with van der Waals surface area (Å²) in [5, 5.41) is 13.8. The van der Waals surface area contributed by atoms with Gasteiger partial charge < -0.3 is 20.1 Å². The number of hydrogen-bond donors (Lipinski definition) is 2. The van der Waals surface area contributed by atoms with Crippen molar-refractivity contribution in [3.8, 4) is 17.2 Å². The second kappa shape index (κ2) is 10.1. The first-order valence-corrected chi connectivity index (χ1v) is 11.6. The molecule has 0 atom stereocenters. The Kier molecular flexibility index (Phi) is 6.96. The number of aromatic nitrogens is 5. The van der Waals surface area contributed by atoms with Crippen LogP contribution in [0.15, 0.2) is 55.0 Å². The minimum atomic E-state index is -0.498. The van der Waals surface area contributed by atoms with E-state index in [4.69, 9.17) is 9.47 Å². The van der Waals surface area contributed by atoms with Crippen LogP contribution in [0.4, 0.5) is 11.6 Å². The molecule has 2 N–H and O–H groups in total. The molecule has 192 valence electrons. The van der Waals surface area contributed by atoms with Gasteiger partial charge in [-0.15, -0.1) is 0 Å². The van der Waals surface area contributed by atoms with E-state index < -0.39 is 11.5 Å². The molecular weight excluding hydrogens is 474 g/mol. The number of nitrogens with one attached hydrogen (secondary N) is 2. The lowest BCUT2D eigenvalue weighted by Gasteiger charge is -2.24. The lowest BCUT2D eigenvalue weighted by atomic mass is 10.1. The molecule has 0 fully saturated rings. The molecule has 4 rings (SSSR count). The van der Waals surface area contributed by atoms with Crippen molar-refractivity contribution < 1.29 is 19.1 Å². The maximum absolute atomic E-state index is 13.0. The summed E-state index contributed by atoms with van der Waals surface area (Å²) in [4.78, 5) is 29.7. The smallest absolute Gasteiger partial charge is 0.275 e. The number of anilines is 2. The maximum Gasteiger partial charge on any atom is 0.275 e. The van der Waals surface area contributed by atoms with Gasteiger partial charge >= 0.3 is 0 Å². The van der Waals surface area contributed by atoms with Crippen molar-refractivity contribution in [1.29, 1.82) is 0 Å². The number of carbonyl (C=O) groups excluding carboxylic acids is 2. The molecule has 2 amide bonds. The number of rotatable bonds is 7. The highest BCUT2D eigenvalue weighted by atomic mass is 16.5. The second-order valence-electron chi connectivity index (χ2n) is 9.45. The van der Waals surface area contributed by atoms with Gasteiger partial charge in [-0.05, 0) is 52.0 Å². The van der Waals surface area contributed by atoms with Crippen LogP contribution in [0, 0.1) is 6.92 Å². The fourth-order valence-corrected chi connectivity index (χ4v) is 3.37. The summed E-state index contributed by atoms with van der Waals surface area (Å²) in [5.74, 6) is 1.42. The SMILES string of the molecule is Cc1c(Oc2ccc(C(=O)Nc3ccn(C)n3)nc2)cc(C(=O)Nc2ccn(C)n2)cc1OC(C)(C)C. The Balaban J connectivity index is 1.57. The summed E-state index contributed by atoms with van der Waals surface area (Å²) in [6, 6.07) is 9.87. The van der Waals surface area contributed by atoms with Gasteiger partial charge in [0.15, 0.2) is 11.6 Å². The van der Waals surface area contributed by atoms with Gasteiger partial charge in [0.1, 0.15) is 28.5 Å². The highest BCUT2D eigenvalue weighted by molar-refractivity contribution is 6.04. The van der Waals surface area contributed by atoms with Crippen LogP contribution in [0.25, 0.3) is 0 Å². The van der Waals surface area contributed by atoms with Crippen LogP contribution in [0.5, 0.6) is 17.2 Å². The fourth-order valence-electron chi connectivity index (χ4n) is 3.37. The van der Waals surface area contributed by atoms with Crippen LogP contribution in [-0.2, 0) is 14.1 Å². The van der Waals surface area contributed by atoms with Gasteiger partial charge in [0.25, 0.3) is 11.8 Å². The number of amides is 2. The number of carbonyl (C=O) groups is 2. The zero-order valence-corrected chi connectivity index (χ0v) is 21.6. The third kappa shape index (κ3) is 6.51. The Hall–Kier alpha value is -4.67. The topological polar surface area (TPSA) is 125 Å². The minimum absolute atomic E-state index is 0.204. The molecular formula is C26H29N7O4. The van der Waals surface area contributed by atoms with Crippen LogP contribution >= 0.6 is 0 Å². The average Bonchev–Trinajstić information content (AvgIpc) is 3.42. The Labute approximate surface area is 214 Å². The predicted molar refractivity (Wildman–Crippen MR) is 138 cm³/mol. The largest absolute Gasteiger partial charge is 0.488 e. The van der Waals surface area contributed by atoms with E-state index in [1.807, 2.05) is 27.7 Å². The first-order chi connectivity index (χ1) is 17.5. The van der Waals surface area contributed by atoms with Crippen molar-refractivity contribution in [3.63, 3.8) is 0 Å². The fraction of sp³-hybridized carbons (Fsp3) is 0.269. The lowest BCUT2D eigenvalue weighted by Crippen LogP contribution is -2.24. The molecule has 0 bridgehead atoms. The Morgan fingerprint density at radius 2 is 1.46 bits per heavy atom. The zero-order chi connectivity index (χ0) is 26.7. The molecule has 3 heterocycles. The summed E-state index contributed by atoms with van der Waals surface area (Å²) in [7, 11) is 3.53. The van der Waals surface area contributed by atoms with Gasteiger partial charge in [-0.3, -0.25) is 19.0 Å². The lowest BCUT2D eigenvalue weighted by molar-refractivity contribution is 0.101. The summed E-state index contributed by atoms with van der Waals surface area (Å²) < 4.78 is 15.4. The molecule has 11 nitrogen and oxygen atoms in total. The van der Waals surface area contributed by atoms with E-state index in [1.165, 1.54) is 6.20 Å². The van der Waals surface area contributed by atoms with E-state index in [2.05, 4.69) is 25.8 Å². The van der Waals surface area contributed by atoms with Crippen molar-refractivity contribution >= 4 is 23.5 Å². The highest BCUT2D eigenvalue weighted by Gasteiger charge is 2.20. The standard InChI is InChI=1S/C26H29N7O4/c1-16-20(36-18-7-8-19(27-15-18)25(35)29-23-10-12-33(6)31-23)13-17(14-21(16)37-26(2,3)4)24(34)28-22-9-11-32(5)30-22/h7-15H,1-6H3,(H,28,30,34)(H,29,31,35). The van der Waals surface area contributed by atoms with Gasteiger partial charge in [0.05, 0.1) is 6.20 Å². The van der Waals surface area contributed by atoms with E-state index in [9.17, 15) is 9.59 Å². The molecule has 11 heteroatoms. The van der Waals surface area contributed by atoms with Gasteiger partial charge in [-0.1, -0.05) is 0 Å². The molecule has 1 aromatic carbocycles. The van der Waals surface area contributed by atoms with E-state index in [0.717, 1.165) is 0 Å². The van der Waals surface area contributed by atoms with Gasteiger partial charge in [0, 0.05) is 49.7 Å². The summed E-state index contributed by atoms with van der Waals surface area (Å²) >= 11 is 0. The maximum atomic E-state index is 13.0. The third-order valence-electron chi connectivity index (χ3n) is 5.10. The monoisotopic (exact) mass is 503 g/mol. The van der Waals surface area contributed by atoms with Gasteiger partial charge in [-0.25, -0.2) is 4.98 Å². The first-order valence-electron chi connectivity index (χ1n) is 11.6. The summed E-state index contributed by atoms with van der Waals surface area (Å²) in [6.45, 7) is 7.61. The van der Waals surface area contributed by atoms with Crippen molar-refractivity contribution in [2.24, 2.45) is 14.1 Å².